The Hall–Kier alpha value is -1.39. The Balaban J connectivity index is 0.000000640. The van der Waals surface area contributed by atoms with Crippen LogP contribution in [0, 0.1) is 10.1 Å². The van der Waals surface area contributed by atoms with Crippen molar-refractivity contribution >= 4 is 5.95 Å². The van der Waals surface area contributed by atoms with Gasteiger partial charge < -0.3 is 10.1 Å². The molecule has 5 heteroatoms. The number of nitro groups is 1. The highest BCUT2D eigenvalue weighted by atomic mass is 16.6. The summed E-state index contributed by atoms with van der Waals surface area (Å²) >= 11 is 0. The van der Waals surface area contributed by atoms with Gasteiger partial charge in [0.1, 0.15) is 6.20 Å². The van der Waals surface area contributed by atoms with E-state index in [1.165, 1.54) is 12.4 Å². The van der Waals surface area contributed by atoms with Crippen LogP contribution in [-0.4, -0.2) is 14.9 Å². The largest absolute Gasteiger partial charge is 0.432 e. The maximum atomic E-state index is 9.77. The molecule has 0 spiro atoms. The molecule has 0 amide bonds. The van der Waals surface area contributed by atoms with E-state index >= 15 is 0 Å². The maximum absolute atomic E-state index is 9.77. The Morgan fingerprint density at radius 1 is 2.00 bits per heavy atom. The summed E-state index contributed by atoms with van der Waals surface area (Å²) in [6.07, 6.45) is 2.73. The van der Waals surface area contributed by atoms with Crippen LogP contribution in [0.25, 0.3) is 0 Å². The normalized spacial score (nSPS) is 9.00. The third kappa shape index (κ3) is 0.651. The van der Waals surface area contributed by atoms with Crippen molar-refractivity contribution in [3.8, 4) is 0 Å². The topological polar surface area (TPSA) is 71.8 Å². The lowest BCUT2D eigenvalue weighted by Crippen LogP contribution is -1.88. The highest BCUT2D eigenvalue weighted by Crippen LogP contribution is 1.96. The van der Waals surface area contributed by atoms with Crippen LogP contribution in [0.15, 0.2) is 12.4 Å². The van der Waals surface area contributed by atoms with E-state index in [1.54, 1.807) is 0 Å². The predicted molar refractivity (Wildman–Crippen MR) is 27.4 cm³/mol. The number of H-pyrrole nitrogens is 1. The van der Waals surface area contributed by atoms with E-state index in [2.05, 4.69) is 9.97 Å². The monoisotopic (exact) mass is 115 g/mol. The van der Waals surface area contributed by atoms with Crippen molar-refractivity contribution in [2.75, 3.05) is 0 Å². The summed E-state index contributed by atoms with van der Waals surface area (Å²) in [7, 11) is 0. The molecule has 44 valence electrons. The van der Waals surface area contributed by atoms with Crippen LogP contribution in [0.5, 0.6) is 0 Å². The minimum atomic E-state index is -0.583. The summed E-state index contributed by atoms with van der Waals surface area (Å²) in [5, 5.41) is 9.77. The zero-order valence-corrected chi connectivity index (χ0v) is 3.87. The van der Waals surface area contributed by atoms with Crippen molar-refractivity contribution in [3.63, 3.8) is 0 Å². The first kappa shape index (κ1) is 4.76. The Bertz CT molecular complexity index is 185. The van der Waals surface area contributed by atoms with Crippen molar-refractivity contribution in [1.29, 1.82) is 0 Å². The highest BCUT2D eigenvalue weighted by Gasteiger charge is 2.01. The quantitative estimate of drug-likeness (QED) is 0.429. The molecule has 0 fully saturated rings. The van der Waals surface area contributed by atoms with Gasteiger partial charge in [0.15, 0.2) is 0 Å². The molecule has 0 saturated carbocycles. The Kier molecular flexibility index (Phi) is 0.957. The Morgan fingerprint density at radius 2 is 2.75 bits per heavy atom. The molecule has 1 rings (SSSR count). The van der Waals surface area contributed by atoms with Crippen LogP contribution in [0.3, 0.4) is 0 Å². The SMILES string of the molecule is O=[N+]([O-])c1ncc[nH]1.[HH]. The van der Waals surface area contributed by atoms with Gasteiger partial charge in [-0.1, -0.05) is 4.98 Å². The smallest absolute Gasteiger partial charge is 0.390 e. The third-order valence-corrected chi connectivity index (χ3v) is 0.657. The second kappa shape index (κ2) is 1.61. The van der Waals surface area contributed by atoms with E-state index in [1.807, 2.05) is 0 Å². The van der Waals surface area contributed by atoms with Crippen molar-refractivity contribution in [2.45, 2.75) is 0 Å². The number of nitrogens with one attached hydrogen (secondary N) is 1. The van der Waals surface area contributed by atoms with Gasteiger partial charge in [0.25, 0.3) is 0 Å². The molecule has 0 aliphatic heterocycles. The molecule has 1 heterocycles. The first-order chi connectivity index (χ1) is 3.80. The molecule has 0 aromatic carbocycles. The van der Waals surface area contributed by atoms with Gasteiger partial charge in [-0.25, -0.2) is 4.98 Å². The Labute approximate surface area is 46.0 Å². The van der Waals surface area contributed by atoms with Gasteiger partial charge in [-0.3, -0.25) is 0 Å². The summed E-state index contributed by atoms with van der Waals surface area (Å²) in [6, 6.07) is 0. The predicted octanol–water partition coefficient (Wildman–Crippen LogP) is 0.564. The maximum Gasteiger partial charge on any atom is 0.432 e. The molecular formula is C3H5N3O2. The second-order valence-electron chi connectivity index (χ2n) is 1.17. The number of aromatic amines is 1. The van der Waals surface area contributed by atoms with Gasteiger partial charge in [0.05, 0.1) is 6.20 Å². The van der Waals surface area contributed by atoms with Crippen molar-refractivity contribution in [1.82, 2.24) is 9.97 Å². The van der Waals surface area contributed by atoms with Crippen molar-refractivity contribution in [3.05, 3.63) is 22.5 Å². The third-order valence-electron chi connectivity index (χ3n) is 0.657. The molecule has 0 aliphatic carbocycles. The number of hydrogen-bond donors (Lipinski definition) is 1. The van der Waals surface area contributed by atoms with Gasteiger partial charge in [-0.05, 0) is 4.92 Å². The van der Waals surface area contributed by atoms with E-state index in [4.69, 9.17) is 0 Å². The van der Waals surface area contributed by atoms with Crippen LogP contribution in [0.4, 0.5) is 5.95 Å². The molecule has 0 unspecified atom stereocenters. The zero-order valence-electron chi connectivity index (χ0n) is 3.87. The van der Waals surface area contributed by atoms with Gasteiger partial charge in [-0.15, -0.1) is 0 Å². The molecule has 8 heavy (non-hydrogen) atoms. The zero-order chi connectivity index (χ0) is 5.98. The average Bonchev–Trinajstić information content (AvgIpc) is 2.12. The molecule has 5 nitrogen and oxygen atoms in total. The van der Waals surface area contributed by atoms with E-state index in [-0.39, 0.29) is 7.37 Å². The van der Waals surface area contributed by atoms with Gasteiger partial charge in [0.2, 0.25) is 0 Å². The van der Waals surface area contributed by atoms with Crippen molar-refractivity contribution in [2.24, 2.45) is 0 Å². The molecule has 0 radical (unpaired) electrons. The van der Waals surface area contributed by atoms with Crippen molar-refractivity contribution < 1.29 is 6.35 Å². The van der Waals surface area contributed by atoms with E-state index in [0.29, 0.717) is 0 Å². The average molecular weight is 115 g/mol. The number of imidazole rings is 1. The highest BCUT2D eigenvalue weighted by molar-refractivity contribution is 5.00. The van der Waals surface area contributed by atoms with E-state index in [9.17, 15) is 10.1 Å². The molecule has 0 atom stereocenters. The first-order valence-corrected chi connectivity index (χ1v) is 1.94. The summed E-state index contributed by atoms with van der Waals surface area (Å²) < 4.78 is 0. The van der Waals surface area contributed by atoms with Crippen LogP contribution < -0.4 is 0 Å². The van der Waals surface area contributed by atoms with E-state index in [0.717, 1.165) is 0 Å². The van der Waals surface area contributed by atoms with E-state index < -0.39 is 4.92 Å². The number of hydrogen-bond acceptors (Lipinski definition) is 3. The fourth-order valence-corrected chi connectivity index (χ4v) is 0.357. The van der Waals surface area contributed by atoms with Crippen LogP contribution >= 0.6 is 0 Å². The van der Waals surface area contributed by atoms with Gasteiger partial charge >= 0.3 is 5.95 Å². The number of aromatic nitrogens is 2. The lowest BCUT2D eigenvalue weighted by atomic mass is 11.0. The summed E-state index contributed by atoms with van der Waals surface area (Å²) in [5.74, 6) is -0.218. The summed E-state index contributed by atoms with van der Waals surface area (Å²) in [6.45, 7) is 0. The molecule has 0 bridgehead atoms. The fourth-order valence-electron chi connectivity index (χ4n) is 0.357. The standard InChI is InChI=1S/C3H3N3O2.H2/c7-6(8)3-4-1-2-5-3;/h1-2H,(H,4,5);1H. The number of nitrogens with zero attached hydrogens (tertiary/aromatic N) is 2. The fraction of sp³-hybridized carbons (Fsp3) is 0. The lowest BCUT2D eigenvalue weighted by molar-refractivity contribution is -0.393. The Morgan fingerprint density at radius 3 is 3.00 bits per heavy atom. The molecular weight excluding hydrogens is 110 g/mol. The summed E-state index contributed by atoms with van der Waals surface area (Å²) in [4.78, 5) is 14.9. The van der Waals surface area contributed by atoms with Crippen LogP contribution in [-0.2, 0) is 0 Å². The molecule has 0 aliphatic rings. The first-order valence-electron chi connectivity index (χ1n) is 1.94. The minimum Gasteiger partial charge on any atom is -0.390 e. The lowest BCUT2D eigenvalue weighted by Gasteiger charge is -1.83. The molecule has 1 N–H and O–H groups in total. The van der Waals surface area contributed by atoms with Gasteiger partial charge in [0, 0.05) is 1.43 Å². The summed E-state index contributed by atoms with van der Waals surface area (Å²) in [5.41, 5.74) is 0. The molecule has 1 aromatic rings. The molecule has 0 saturated heterocycles. The van der Waals surface area contributed by atoms with Crippen LogP contribution in [0.2, 0.25) is 0 Å². The van der Waals surface area contributed by atoms with Gasteiger partial charge in [-0.2, -0.15) is 0 Å². The van der Waals surface area contributed by atoms with Crippen LogP contribution in [0.1, 0.15) is 1.43 Å². The number of rotatable bonds is 1. The molecule has 1 aromatic heterocycles. The minimum absolute atomic E-state index is 0. The second-order valence-corrected chi connectivity index (χ2v) is 1.17.